The standard InChI is InChI=1S/C17H23NO4/c1-3-13(22-14-8-5-4-7-12(14)2)16(21)18-17(9-6-10-17)11-15(19)20/h4-5,7-8,13H,3,6,9-11H2,1-2H3,(H,18,21)(H,19,20). The van der Waals surface area contributed by atoms with Crippen LogP contribution in [0.4, 0.5) is 0 Å². The minimum atomic E-state index is -0.882. The van der Waals surface area contributed by atoms with Crippen molar-refractivity contribution in [2.75, 3.05) is 0 Å². The van der Waals surface area contributed by atoms with E-state index in [2.05, 4.69) is 5.32 Å². The smallest absolute Gasteiger partial charge is 0.305 e. The first kappa shape index (κ1) is 16.3. The first-order valence-corrected chi connectivity index (χ1v) is 7.72. The van der Waals surface area contributed by atoms with E-state index < -0.39 is 17.6 Å². The summed E-state index contributed by atoms with van der Waals surface area (Å²) in [6, 6.07) is 7.55. The topological polar surface area (TPSA) is 75.6 Å². The molecule has 1 aliphatic rings. The van der Waals surface area contributed by atoms with Gasteiger partial charge in [0.15, 0.2) is 6.10 Å². The molecule has 120 valence electrons. The molecule has 0 heterocycles. The molecule has 1 aromatic rings. The number of ether oxygens (including phenoxy) is 1. The van der Waals surface area contributed by atoms with Crippen molar-refractivity contribution in [1.29, 1.82) is 0 Å². The van der Waals surface area contributed by atoms with Crippen LogP contribution in [-0.2, 0) is 9.59 Å². The average molecular weight is 305 g/mol. The van der Waals surface area contributed by atoms with Crippen LogP contribution in [0.15, 0.2) is 24.3 Å². The molecule has 1 saturated carbocycles. The van der Waals surface area contributed by atoms with Gasteiger partial charge in [-0.3, -0.25) is 9.59 Å². The molecule has 1 unspecified atom stereocenters. The number of rotatable bonds is 7. The summed E-state index contributed by atoms with van der Waals surface area (Å²) in [6.45, 7) is 3.81. The van der Waals surface area contributed by atoms with Crippen LogP contribution in [0.2, 0.25) is 0 Å². The van der Waals surface area contributed by atoms with Crippen molar-refractivity contribution in [3.05, 3.63) is 29.8 Å². The zero-order valence-electron chi connectivity index (χ0n) is 13.1. The highest BCUT2D eigenvalue weighted by atomic mass is 16.5. The van der Waals surface area contributed by atoms with E-state index in [1.807, 2.05) is 38.1 Å². The molecule has 5 nitrogen and oxygen atoms in total. The largest absolute Gasteiger partial charge is 0.481 e. The first-order chi connectivity index (χ1) is 10.5. The number of carbonyl (C=O) groups excluding carboxylic acids is 1. The van der Waals surface area contributed by atoms with E-state index >= 15 is 0 Å². The lowest BCUT2D eigenvalue weighted by Crippen LogP contribution is -2.57. The number of carbonyl (C=O) groups is 2. The molecule has 0 spiro atoms. The second-order valence-corrected chi connectivity index (χ2v) is 5.97. The third kappa shape index (κ3) is 3.78. The van der Waals surface area contributed by atoms with Gasteiger partial charge in [0.05, 0.1) is 12.0 Å². The summed E-state index contributed by atoms with van der Waals surface area (Å²) in [5, 5.41) is 11.9. The first-order valence-electron chi connectivity index (χ1n) is 7.72. The quantitative estimate of drug-likeness (QED) is 0.812. The van der Waals surface area contributed by atoms with E-state index in [0.29, 0.717) is 25.0 Å². The fraction of sp³-hybridized carbons (Fsp3) is 0.529. The van der Waals surface area contributed by atoms with Crippen LogP contribution < -0.4 is 10.1 Å². The van der Waals surface area contributed by atoms with Gasteiger partial charge in [0.2, 0.25) is 0 Å². The van der Waals surface area contributed by atoms with E-state index in [9.17, 15) is 9.59 Å². The van der Waals surface area contributed by atoms with Crippen LogP contribution in [0.1, 0.15) is 44.6 Å². The van der Waals surface area contributed by atoms with E-state index in [-0.39, 0.29) is 12.3 Å². The molecule has 5 heteroatoms. The van der Waals surface area contributed by atoms with E-state index in [1.54, 1.807) is 0 Å². The Bertz CT molecular complexity index is 551. The fourth-order valence-corrected chi connectivity index (χ4v) is 2.75. The predicted molar refractivity (Wildman–Crippen MR) is 82.9 cm³/mol. The minimum absolute atomic E-state index is 0.0282. The fourth-order valence-electron chi connectivity index (χ4n) is 2.75. The Labute approximate surface area is 130 Å². The van der Waals surface area contributed by atoms with Gasteiger partial charge in [-0.05, 0) is 44.2 Å². The van der Waals surface area contributed by atoms with Crippen LogP contribution in [-0.4, -0.2) is 28.6 Å². The van der Waals surface area contributed by atoms with Gasteiger partial charge in [0.25, 0.3) is 5.91 Å². The number of carboxylic acids is 1. The molecule has 2 rings (SSSR count). The Morgan fingerprint density at radius 1 is 1.36 bits per heavy atom. The van der Waals surface area contributed by atoms with Gasteiger partial charge in [-0.2, -0.15) is 0 Å². The third-order valence-corrected chi connectivity index (χ3v) is 4.21. The average Bonchev–Trinajstić information content (AvgIpc) is 2.43. The SMILES string of the molecule is CCC(Oc1ccccc1C)C(=O)NC1(CC(=O)O)CCC1. The molecule has 0 bridgehead atoms. The monoisotopic (exact) mass is 305 g/mol. The van der Waals surface area contributed by atoms with Crippen molar-refractivity contribution in [2.24, 2.45) is 0 Å². The Hall–Kier alpha value is -2.04. The van der Waals surface area contributed by atoms with Gasteiger partial charge in [-0.15, -0.1) is 0 Å². The van der Waals surface area contributed by atoms with Crippen LogP contribution in [0.3, 0.4) is 0 Å². The van der Waals surface area contributed by atoms with Crippen molar-refractivity contribution >= 4 is 11.9 Å². The number of para-hydroxylation sites is 1. The van der Waals surface area contributed by atoms with Gasteiger partial charge >= 0.3 is 5.97 Å². The van der Waals surface area contributed by atoms with Crippen molar-refractivity contribution in [1.82, 2.24) is 5.32 Å². The lowest BCUT2D eigenvalue weighted by Gasteiger charge is -2.42. The summed E-state index contributed by atoms with van der Waals surface area (Å²) in [5.74, 6) is -0.426. The molecule has 2 N–H and O–H groups in total. The zero-order valence-corrected chi connectivity index (χ0v) is 13.1. The van der Waals surface area contributed by atoms with Gasteiger partial charge in [0.1, 0.15) is 5.75 Å². The molecule has 1 atom stereocenters. The van der Waals surface area contributed by atoms with Gasteiger partial charge in [-0.25, -0.2) is 0 Å². The molecule has 0 aliphatic heterocycles. The van der Waals surface area contributed by atoms with Crippen LogP contribution in [0.5, 0.6) is 5.75 Å². The molecule has 1 aromatic carbocycles. The summed E-state index contributed by atoms with van der Waals surface area (Å²) >= 11 is 0. The number of hydrogen-bond acceptors (Lipinski definition) is 3. The summed E-state index contributed by atoms with van der Waals surface area (Å²) in [5.41, 5.74) is 0.378. The summed E-state index contributed by atoms with van der Waals surface area (Å²) in [6.07, 6.45) is 2.27. The van der Waals surface area contributed by atoms with Crippen molar-refractivity contribution in [2.45, 2.75) is 57.6 Å². The number of nitrogens with one attached hydrogen (secondary N) is 1. The summed E-state index contributed by atoms with van der Waals surface area (Å²) in [4.78, 5) is 23.4. The van der Waals surface area contributed by atoms with Crippen LogP contribution >= 0.6 is 0 Å². The molecule has 22 heavy (non-hydrogen) atoms. The maximum atomic E-state index is 12.5. The predicted octanol–water partition coefficient (Wildman–Crippen LogP) is 2.67. The van der Waals surface area contributed by atoms with E-state index in [0.717, 1.165) is 12.0 Å². The Balaban J connectivity index is 2.03. The zero-order chi connectivity index (χ0) is 16.2. The molecule has 1 fully saturated rings. The van der Waals surface area contributed by atoms with Crippen molar-refractivity contribution in [3.63, 3.8) is 0 Å². The second kappa shape index (κ2) is 6.81. The number of carboxylic acid groups (broad SMARTS) is 1. The lowest BCUT2D eigenvalue weighted by molar-refractivity contribution is -0.141. The number of hydrogen-bond donors (Lipinski definition) is 2. The number of amides is 1. The summed E-state index contributed by atoms with van der Waals surface area (Å²) < 4.78 is 5.82. The molecular formula is C17H23NO4. The molecule has 0 saturated heterocycles. The minimum Gasteiger partial charge on any atom is -0.481 e. The second-order valence-electron chi connectivity index (χ2n) is 5.97. The van der Waals surface area contributed by atoms with Crippen LogP contribution in [0.25, 0.3) is 0 Å². The van der Waals surface area contributed by atoms with Crippen molar-refractivity contribution in [3.8, 4) is 5.75 Å². The van der Waals surface area contributed by atoms with Gasteiger partial charge in [0, 0.05) is 0 Å². The molecule has 1 amide bonds. The third-order valence-electron chi connectivity index (χ3n) is 4.21. The maximum Gasteiger partial charge on any atom is 0.305 e. The Morgan fingerprint density at radius 2 is 2.05 bits per heavy atom. The van der Waals surface area contributed by atoms with Crippen molar-refractivity contribution < 1.29 is 19.4 Å². The highest BCUT2D eigenvalue weighted by molar-refractivity contribution is 5.83. The summed E-state index contributed by atoms with van der Waals surface area (Å²) in [7, 11) is 0. The van der Waals surface area contributed by atoms with Gasteiger partial charge in [-0.1, -0.05) is 25.1 Å². The van der Waals surface area contributed by atoms with Gasteiger partial charge < -0.3 is 15.2 Å². The normalized spacial score (nSPS) is 17.2. The maximum absolute atomic E-state index is 12.5. The highest BCUT2D eigenvalue weighted by Crippen LogP contribution is 2.35. The number of benzene rings is 1. The number of aliphatic carboxylic acids is 1. The Morgan fingerprint density at radius 3 is 2.55 bits per heavy atom. The molecule has 1 aliphatic carbocycles. The van der Waals surface area contributed by atoms with E-state index in [4.69, 9.17) is 9.84 Å². The molecular weight excluding hydrogens is 282 g/mol. The molecule has 0 aromatic heterocycles. The van der Waals surface area contributed by atoms with Crippen LogP contribution in [0, 0.1) is 6.92 Å². The number of aryl methyl sites for hydroxylation is 1. The lowest BCUT2D eigenvalue weighted by atomic mass is 9.74. The Kier molecular flexibility index (Phi) is 5.06. The highest BCUT2D eigenvalue weighted by Gasteiger charge is 2.41. The van der Waals surface area contributed by atoms with E-state index in [1.165, 1.54) is 0 Å². The molecule has 0 radical (unpaired) electrons.